The Morgan fingerprint density at radius 2 is 1.76 bits per heavy atom. The van der Waals surface area contributed by atoms with Gasteiger partial charge in [-0.1, -0.05) is 12.1 Å². The summed E-state index contributed by atoms with van der Waals surface area (Å²) in [7, 11) is 0. The summed E-state index contributed by atoms with van der Waals surface area (Å²) < 4.78 is 1.72. The average molecular weight is 354 g/mol. The molecule has 0 N–H and O–H groups in total. The zero-order valence-electron chi connectivity index (χ0n) is 10.4. The zero-order chi connectivity index (χ0) is 15.6. The maximum atomic E-state index is 11.3. The summed E-state index contributed by atoms with van der Waals surface area (Å²) in [5, 5.41) is 21.6. The fraction of sp³-hybridized carbons (Fsp3) is 0.0833. The molecule has 0 saturated heterocycles. The molecule has 0 bridgehead atoms. The van der Waals surface area contributed by atoms with Gasteiger partial charge in [-0.15, -0.1) is 0 Å². The lowest BCUT2D eigenvalue weighted by atomic mass is 10.2. The first-order chi connectivity index (χ1) is 9.90. The van der Waals surface area contributed by atoms with Crippen molar-refractivity contribution < 1.29 is 9.85 Å². The molecule has 0 spiro atoms. The van der Waals surface area contributed by atoms with E-state index in [4.69, 9.17) is 0 Å². The van der Waals surface area contributed by atoms with Gasteiger partial charge in [-0.3, -0.25) is 25.0 Å². The number of halogens is 1. The molecule has 0 fully saturated rings. The number of nitro benzene ring substituents is 1. The molecule has 1 heterocycles. The minimum Gasteiger partial charge on any atom is -0.344 e. The molecule has 0 aliphatic rings. The van der Waals surface area contributed by atoms with E-state index in [0.29, 0.717) is 10.0 Å². The van der Waals surface area contributed by atoms with Crippen LogP contribution >= 0.6 is 15.9 Å². The number of hydrogen-bond donors (Lipinski definition) is 0. The van der Waals surface area contributed by atoms with Crippen LogP contribution in [-0.4, -0.2) is 14.4 Å². The maximum absolute atomic E-state index is 11.3. The van der Waals surface area contributed by atoms with E-state index in [2.05, 4.69) is 15.9 Å². The first kappa shape index (κ1) is 14.9. The third kappa shape index (κ3) is 3.14. The highest BCUT2D eigenvalue weighted by Gasteiger charge is 2.16. The van der Waals surface area contributed by atoms with Gasteiger partial charge in [-0.25, -0.2) is 0 Å². The first-order valence-corrected chi connectivity index (χ1v) is 6.45. The van der Waals surface area contributed by atoms with Crippen LogP contribution < -0.4 is 5.43 Å². The van der Waals surface area contributed by atoms with Crippen LogP contribution in [0.5, 0.6) is 0 Å². The Bertz CT molecular complexity index is 787. The second-order valence-corrected chi connectivity index (χ2v) is 4.92. The Hall–Kier alpha value is -2.55. The number of aromatic nitrogens is 1. The Labute approximate surface area is 126 Å². The number of nitrogens with zero attached hydrogens (tertiary/aromatic N) is 3. The van der Waals surface area contributed by atoms with Crippen molar-refractivity contribution in [1.82, 2.24) is 4.57 Å². The van der Waals surface area contributed by atoms with E-state index in [-0.39, 0.29) is 12.2 Å². The van der Waals surface area contributed by atoms with Crippen molar-refractivity contribution in [2.45, 2.75) is 6.54 Å². The summed E-state index contributed by atoms with van der Waals surface area (Å²) in [6, 6.07) is 5.61. The van der Waals surface area contributed by atoms with E-state index in [9.17, 15) is 25.0 Å². The minimum atomic E-state index is -0.763. The molecule has 1 aromatic heterocycles. The Morgan fingerprint density at radius 1 is 1.10 bits per heavy atom. The molecular weight excluding hydrogens is 346 g/mol. The van der Waals surface area contributed by atoms with Crippen LogP contribution in [0.15, 0.2) is 45.9 Å². The number of nitro groups is 2. The quantitative estimate of drug-likeness (QED) is 0.619. The van der Waals surface area contributed by atoms with Crippen molar-refractivity contribution >= 4 is 27.3 Å². The lowest BCUT2D eigenvalue weighted by Crippen LogP contribution is -2.11. The molecule has 0 radical (unpaired) electrons. The lowest BCUT2D eigenvalue weighted by Gasteiger charge is -2.08. The number of benzene rings is 1. The van der Waals surface area contributed by atoms with Crippen LogP contribution in [0.1, 0.15) is 5.56 Å². The van der Waals surface area contributed by atoms with Crippen molar-refractivity contribution in [2.24, 2.45) is 0 Å². The molecule has 0 amide bonds. The summed E-state index contributed by atoms with van der Waals surface area (Å²) in [4.78, 5) is 31.6. The molecule has 0 aliphatic heterocycles. The summed E-state index contributed by atoms with van der Waals surface area (Å²) >= 11 is 3.15. The standard InChI is InChI=1S/C12H8BrN3O5/c13-12-8(2-1-3-9(12)15(18)19)6-14-5-4-11(17)10(7-14)16(20)21/h1-5,7H,6H2. The van der Waals surface area contributed by atoms with Crippen LogP contribution in [0, 0.1) is 20.2 Å². The highest BCUT2D eigenvalue weighted by Crippen LogP contribution is 2.28. The fourth-order valence-electron chi connectivity index (χ4n) is 1.77. The highest BCUT2D eigenvalue weighted by molar-refractivity contribution is 9.10. The molecule has 108 valence electrons. The number of rotatable bonds is 4. The van der Waals surface area contributed by atoms with Gasteiger partial charge >= 0.3 is 5.69 Å². The Kier molecular flexibility index (Phi) is 4.13. The summed E-state index contributed by atoms with van der Waals surface area (Å²) in [6.45, 7) is 0.156. The molecular formula is C12H8BrN3O5. The SMILES string of the molecule is O=c1ccn(Cc2cccc([N+](=O)[O-])c2Br)cc1[N+](=O)[O-]. The largest absolute Gasteiger partial charge is 0.344 e. The second-order valence-electron chi connectivity index (χ2n) is 4.13. The molecule has 0 unspecified atom stereocenters. The van der Waals surface area contributed by atoms with Gasteiger partial charge in [0.25, 0.3) is 11.1 Å². The maximum Gasteiger partial charge on any atom is 0.332 e. The van der Waals surface area contributed by atoms with Gasteiger partial charge in [0, 0.05) is 24.9 Å². The van der Waals surface area contributed by atoms with Crippen molar-refractivity contribution in [3.63, 3.8) is 0 Å². The highest BCUT2D eigenvalue weighted by atomic mass is 79.9. The smallest absolute Gasteiger partial charge is 0.332 e. The van der Waals surface area contributed by atoms with Gasteiger partial charge in [0.05, 0.1) is 16.0 Å². The van der Waals surface area contributed by atoms with Crippen molar-refractivity contribution in [3.05, 3.63) is 77.1 Å². The Balaban J connectivity index is 2.41. The van der Waals surface area contributed by atoms with Gasteiger partial charge in [0.1, 0.15) is 4.47 Å². The van der Waals surface area contributed by atoms with Crippen LogP contribution in [0.2, 0.25) is 0 Å². The van der Waals surface area contributed by atoms with Crippen LogP contribution in [-0.2, 0) is 6.54 Å². The van der Waals surface area contributed by atoms with Gasteiger partial charge < -0.3 is 4.57 Å². The predicted molar refractivity (Wildman–Crippen MR) is 77.3 cm³/mol. The van der Waals surface area contributed by atoms with E-state index in [1.807, 2.05) is 0 Å². The van der Waals surface area contributed by atoms with Gasteiger partial charge in [0.15, 0.2) is 0 Å². The number of pyridine rings is 1. The molecule has 0 aliphatic carbocycles. The monoisotopic (exact) mass is 353 g/mol. The number of hydrogen-bond acceptors (Lipinski definition) is 5. The zero-order valence-corrected chi connectivity index (χ0v) is 12.0. The molecule has 21 heavy (non-hydrogen) atoms. The molecule has 2 rings (SSSR count). The Morgan fingerprint density at radius 3 is 2.38 bits per heavy atom. The molecule has 0 atom stereocenters. The normalized spacial score (nSPS) is 10.3. The van der Waals surface area contributed by atoms with E-state index in [0.717, 1.165) is 12.3 Å². The van der Waals surface area contributed by atoms with Gasteiger partial charge in [0.2, 0.25) is 0 Å². The van der Waals surface area contributed by atoms with E-state index in [1.165, 1.54) is 22.9 Å². The van der Waals surface area contributed by atoms with Crippen LogP contribution in [0.3, 0.4) is 0 Å². The van der Waals surface area contributed by atoms with Gasteiger partial charge in [-0.2, -0.15) is 0 Å². The predicted octanol–water partition coefficient (Wildman–Crippen LogP) is 2.48. The average Bonchev–Trinajstić information content (AvgIpc) is 2.42. The third-order valence-electron chi connectivity index (χ3n) is 2.76. The molecule has 8 nitrogen and oxygen atoms in total. The van der Waals surface area contributed by atoms with E-state index < -0.39 is 21.0 Å². The minimum absolute atomic E-state index is 0.0944. The van der Waals surface area contributed by atoms with Crippen LogP contribution in [0.25, 0.3) is 0 Å². The molecule has 2 aromatic rings. The van der Waals surface area contributed by atoms with Crippen molar-refractivity contribution in [3.8, 4) is 0 Å². The third-order valence-corrected chi connectivity index (χ3v) is 3.68. The van der Waals surface area contributed by atoms with Crippen molar-refractivity contribution in [1.29, 1.82) is 0 Å². The van der Waals surface area contributed by atoms with Gasteiger partial charge in [-0.05, 0) is 21.5 Å². The summed E-state index contributed by atoms with van der Waals surface area (Å²) in [5.41, 5.74) is -0.751. The topological polar surface area (TPSA) is 108 Å². The molecule has 9 heteroatoms. The lowest BCUT2D eigenvalue weighted by molar-refractivity contribution is -0.386. The first-order valence-electron chi connectivity index (χ1n) is 5.66. The second kappa shape index (κ2) is 5.83. The van der Waals surface area contributed by atoms with Crippen LogP contribution in [0.4, 0.5) is 11.4 Å². The molecule has 0 saturated carbocycles. The molecule has 1 aromatic carbocycles. The van der Waals surface area contributed by atoms with Crippen molar-refractivity contribution in [2.75, 3.05) is 0 Å². The van der Waals surface area contributed by atoms with E-state index in [1.54, 1.807) is 6.07 Å². The fourth-order valence-corrected chi connectivity index (χ4v) is 2.31. The summed E-state index contributed by atoms with van der Waals surface area (Å²) in [5.74, 6) is 0. The summed E-state index contributed by atoms with van der Waals surface area (Å²) in [6.07, 6.45) is 2.49. The van der Waals surface area contributed by atoms with E-state index >= 15 is 0 Å².